The topological polar surface area (TPSA) is 64.9 Å². The fourth-order valence-electron chi connectivity index (χ4n) is 0.983. The SMILES string of the molecule is CC(C)(N)c1nnc(-c2cccs2)o1. The molecule has 14 heavy (non-hydrogen) atoms. The van der Waals surface area contributed by atoms with Crippen molar-refractivity contribution >= 4 is 11.3 Å². The first-order chi connectivity index (χ1) is 6.57. The Kier molecular flexibility index (Phi) is 2.13. The molecule has 74 valence electrons. The summed E-state index contributed by atoms with van der Waals surface area (Å²) in [5.74, 6) is 0.995. The van der Waals surface area contributed by atoms with Gasteiger partial charge in [-0.2, -0.15) is 0 Å². The molecule has 0 saturated heterocycles. The van der Waals surface area contributed by atoms with E-state index in [1.165, 1.54) is 0 Å². The highest BCUT2D eigenvalue weighted by molar-refractivity contribution is 7.13. The molecule has 0 fully saturated rings. The highest BCUT2D eigenvalue weighted by Crippen LogP contribution is 2.25. The van der Waals surface area contributed by atoms with Gasteiger partial charge in [0.05, 0.1) is 10.4 Å². The maximum Gasteiger partial charge on any atom is 0.257 e. The Bertz CT molecular complexity index is 413. The number of aromatic nitrogens is 2. The lowest BCUT2D eigenvalue weighted by Gasteiger charge is -2.11. The van der Waals surface area contributed by atoms with Gasteiger partial charge in [0.25, 0.3) is 5.89 Å². The van der Waals surface area contributed by atoms with Crippen LogP contribution in [0, 0.1) is 0 Å². The van der Waals surface area contributed by atoms with Crippen molar-refractivity contribution in [2.45, 2.75) is 19.4 Å². The predicted octanol–water partition coefficient (Wildman–Crippen LogP) is 1.99. The Morgan fingerprint density at radius 2 is 2.21 bits per heavy atom. The molecule has 2 heterocycles. The highest BCUT2D eigenvalue weighted by atomic mass is 32.1. The van der Waals surface area contributed by atoms with Crippen LogP contribution in [0.15, 0.2) is 21.9 Å². The molecular formula is C9H11N3OS. The summed E-state index contributed by atoms with van der Waals surface area (Å²) in [5.41, 5.74) is 5.25. The summed E-state index contributed by atoms with van der Waals surface area (Å²) in [4.78, 5) is 0.966. The standard InChI is InChI=1S/C9H11N3OS/c1-9(2,10)8-12-11-7(13-8)6-4-3-5-14-6/h3-5H,10H2,1-2H3. The summed E-state index contributed by atoms with van der Waals surface area (Å²) in [6.07, 6.45) is 0. The molecule has 0 unspecified atom stereocenters. The summed E-state index contributed by atoms with van der Waals surface area (Å²) >= 11 is 1.56. The molecule has 0 saturated carbocycles. The average molecular weight is 209 g/mol. The first-order valence-electron chi connectivity index (χ1n) is 4.24. The Morgan fingerprint density at radius 3 is 2.71 bits per heavy atom. The second-order valence-electron chi connectivity index (χ2n) is 3.61. The van der Waals surface area contributed by atoms with Crippen LogP contribution < -0.4 is 5.73 Å². The number of nitrogens with two attached hydrogens (primary N) is 1. The third kappa shape index (κ3) is 1.69. The lowest BCUT2D eigenvalue weighted by atomic mass is 10.1. The summed E-state index contributed by atoms with van der Waals surface area (Å²) < 4.78 is 5.46. The maximum atomic E-state index is 5.83. The van der Waals surface area contributed by atoms with E-state index in [0.717, 1.165) is 4.88 Å². The fourth-order valence-corrected chi connectivity index (χ4v) is 1.63. The summed E-state index contributed by atoms with van der Waals surface area (Å²) in [6.45, 7) is 3.66. The largest absolute Gasteiger partial charge is 0.418 e. The third-order valence-corrected chi connectivity index (χ3v) is 2.57. The van der Waals surface area contributed by atoms with Gasteiger partial charge in [-0.1, -0.05) is 6.07 Å². The van der Waals surface area contributed by atoms with Gasteiger partial charge < -0.3 is 10.2 Å². The zero-order valence-corrected chi connectivity index (χ0v) is 8.84. The molecule has 0 bridgehead atoms. The van der Waals surface area contributed by atoms with Crippen LogP contribution in [-0.4, -0.2) is 10.2 Å². The normalized spacial score (nSPS) is 11.9. The number of nitrogens with zero attached hydrogens (tertiary/aromatic N) is 2. The molecule has 2 rings (SSSR count). The van der Waals surface area contributed by atoms with Crippen molar-refractivity contribution in [3.05, 3.63) is 23.4 Å². The lowest BCUT2D eigenvalue weighted by molar-refractivity contribution is 0.384. The lowest BCUT2D eigenvalue weighted by Crippen LogP contribution is -2.29. The van der Waals surface area contributed by atoms with Crippen molar-refractivity contribution in [2.24, 2.45) is 5.73 Å². The number of rotatable bonds is 2. The molecule has 2 aromatic heterocycles. The fraction of sp³-hybridized carbons (Fsp3) is 0.333. The molecule has 0 aliphatic heterocycles. The molecule has 0 radical (unpaired) electrons. The van der Waals surface area contributed by atoms with E-state index in [0.29, 0.717) is 11.8 Å². The van der Waals surface area contributed by atoms with Gasteiger partial charge in [-0.3, -0.25) is 0 Å². The monoisotopic (exact) mass is 209 g/mol. The molecule has 0 aliphatic rings. The zero-order chi connectivity index (χ0) is 10.2. The number of hydrogen-bond acceptors (Lipinski definition) is 5. The molecule has 0 aromatic carbocycles. The van der Waals surface area contributed by atoms with Crippen molar-refractivity contribution in [1.29, 1.82) is 0 Å². The molecule has 0 aliphatic carbocycles. The van der Waals surface area contributed by atoms with E-state index in [9.17, 15) is 0 Å². The van der Waals surface area contributed by atoms with Gasteiger partial charge in [-0.15, -0.1) is 21.5 Å². The van der Waals surface area contributed by atoms with Crippen molar-refractivity contribution in [2.75, 3.05) is 0 Å². The minimum absolute atomic E-state index is 0.459. The van der Waals surface area contributed by atoms with E-state index in [2.05, 4.69) is 10.2 Å². The van der Waals surface area contributed by atoms with Crippen LogP contribution >= 0.6 is 11.3 Å². The van der Waals surface area contributed by atoms with Crippen LogP contribution in [-0.2, 0) is 5.54 Å². The number of hydrogen-bond donors (Lipinski definition) is 1. The molecular weight excluding hydrogens is 198 g/mol. The second kappa shape index (κ2) is 3.18. The van der Waals surface area contributed by atoms with Gasteiger partial charge in [0.1, 0.15) is 0 Å². The highest BCUT2D eigenvalue weighted by Gasteiger charge is 2.22. The molecule has 5 heteroatoms. The third-order valence-electron chi connectivity index (χ3n) is 1.71. The van der Waals surface area contributed by atoms with Crippen molar-refractivity contribution < 1.29 is 4.42 Å². The van der Waals surface area contributed by atoms with Crippen molar-refractivity contribution in [3.8, 4) is 10.8 Å². The predicted molar refractivity (Wildman–Crippen MR) is 54.8 cm³/mol. The van der Waals surface area contributed by atoms with Crippen molar-refractivity contribution in [1.82, 2.24) is 10.2 Å². The molecule has 2 N–H and O–H groups in total. The van der Waals surface area contributed by atoms with Gasteiger partial charge in [-0.25, -0.2) is 0 Å². The van der Waals surface area contributed by atoms with E-state index in [4.69, 9.17) is 10.2 Å². The average Bonchev–Trinajstić information content (AvgIpc) is 2.73. The quantitative estimate of drug-likeness (QED) is 0.821. The summed E-state index contributed by atoms with van der Waals surface area (Å²) in [6, 6.07) is 3.88. The van der Waals surface area contributed by atoms with E-state index in [-0.39, 0.29) is 0 Å². The van der Waals surface area contributed by atoms with Gasteiger partial charge in [0, 0.05) is 0 Å². The summed E-state index contributed by atoms with van der Waals surface area (Å²) in [7, 11) is 0. The zero-order valence-electron chi connectivity index (χ0n) is 8.02. The van der Waals surface area contributed by atoms with Crippen LogP contribution in [0.2, 0.25) is 0 Å². The van der Waals surface area contributed by atoms with E-state index >= 15 is 0 Å². The first kappa shape index (κ1) is 9.36. The Hall–Kier alpha value is -1.20. The second-order valence-corrected chi connectivity index (χ2v) is 4.56. The van der Waals surface area contributed by atoms with Crippen LogP contribution in [0.1, 0.15) is 19.7 Å². The molecule has 0 atom stereocenters. The van der Waals surface area contributed by atoms with Gasteiger partial charge in [0.2, 0.25) is 5.89 Å². The maximum absolute atomic E-state index is 5.83. The Morgan fingerprint density at radius 1 is 1.43 bits per heavy atom. The van der Waals surface area contributed by atoms with Crippen LogP contribution in [0.5, 0.6) is 0 Å². The van der Waals surface area contributed by atoms with Crippen LogP contribution in [0.3, 0.4) is 0 Å². The Labute approximate surface area is 85.8 Å². The van der Waals surface area contributed by atoms with Crippen molar-refractivity contribution in [3.63, 3.8) is 0 Å². The minimum Gasteiger partial charge on any atom is -0.418 e. The first-order valence-corrected chi connectivity index (χ1v) is 5.12. The molecule has 4 nitrogen and oxygen atoms in total. The van der Waals surface area contributed by atoms with Gasteiger partial charge in [-0.05, 0) is 25.3 Å². The van der Waals surface area contributed by atoms with Gasteiger partial charge >= 0.3 is 0 Å². The van der Waals surface area contributed by atoms with E-state index in [1.54, 1.807) is 11.3 Å². The summed E-state index contributed by atoms with van der Waals surface area (Å²) in [5, 5.41) is 9.81. The molecule has 2 aromatic rings. The van der Waals surface area contributed by atoms with Crippen LogP contribution in [0.25, 0.3) is 10.8 Å². The van der Waals surface area contributed by atoms with Gasteiger partial charge in [0.15, 0.2) is 0 Å². The minimum atomic E-state index is -0.581. The molecule has 0 spiro atoms. The smallest absolute Gasteiger partial charge is 0.257 e. The van der Waals surface area contributed by atoms with Crippen LogP contribution in [0.4, 0.5) is 0 Å². The van der Waals surface area contributed by atoms with E-state index < -0.39 is 5.54 Å². The molecule has 0 amide bonds. The van der Waals surface area contributed by atoms with E-state index in [1.807, 2.05) is 31.4 Å². The number of thiophene rings is 1. The Balaban J connectivity index is 2.36.